The zero-order chi connectivity index (χ0) is 14.3. The van der Waals surface area contributed by atoms with Gasteiger partial charge in [0.2, 0.25) is 0 Å². The quantitative estimate of drug-likeness (QED) is 0.715. The van der Waals surface area contributed by atoms with Gasteiger partial charge in [0.05, 0.1) is 5.41 Å². The summed E-state index contributed by atoms with van der Waals surface area (Å²) in [6, 6.07) is 0. The van der Waals surface area contributed by atoms with Gasteiger partial charge in [0, 0.05) is 5.41 Å². The second kappa shape index (κ2) is 3.38. The smallest absolute Gasteiger partial charge is 0.311 e. The molecule has 4 atom stereocenters. The Morgan fingerprint density at radius 1 is 1.32 bits per heavy atom. The van der Waals surface area contributed by atoms with Crippen molar-refractivity contribution in [2.45, 2.75) is 73.3 Å². The Hall–Kier alpha value is -0.530. The van der Waals surface area contributed by atoms with Gasteiger partial charge < -0.3 is 4.74 Å². The van der Waals surface area contributed by atoms with Gasteiger partial charge in [-0.1, -0.05) is 27.7 Å². The first-order valence-corrected chi connectivity index (χ1v) is 7.86. The van der Waals surface area contributed by atoms with Gasteiger partial charge in [-0.2, -0.15) is 0 Å². The van der Waals surface area contributed by atoms with Crippen LogP contribution in [0, 0.1) is 27.6 Å². The third-order valence-corrected chi connectivity index (χ3v) is 7.59. The summed E-state index contributed by atoms with van der Waals surface area (Å²) >= 11 is 0. The molecule has 2 heteroatoms. The molecule has 0 aliphatic heterocycles. The predicted octanol–water partition coefficient (Wildman–Crippen LogP) is 4.18. The largest absolute Gasteiger partial charge is 0.461 e. The van der Waals surface area contributed by atoms with Crippen LogP contribution in [0.3, 0.4) is 0 Å². The van der Waals surface area contributed by atoms with Crippen LogP contribution >= 0.6 is 0 Å². The van der Waals surface area contributed by atoms with Crippen LogP contribution in [-0.4, -0.2) is 12.1 Å². The molecule has 19 heavy (non-hydrogen) atoms. The van der Waals surface area contributed by atoms with E-state index >= 15 is 0 Å². The first-order valence-electron chi connectivity index (χ1n) is 7.86. The number of esters is 1. The maximum absolute atomic E-state index is 12.3. The summed E-state index contributed by atoms with van der Waals surface area (Å²) < 4.78 is 5.96. The lowest BCUT2D eigenvalue weighted by molar-refractivity contribution is -0.180. The van der Waals surface area contributed by atoms with E-state index in [2.05, 4.69) is 27.7 Å². The van der Waals surface area contributed by atoms with E-state index in [1.807, 2.05) is 13.8 Å². The maximum Gasteiger partial charge on any atom is 0.311 e. The molecule has 0 bridgehead atoms. The Morgan fingerprint density at radius 2 is 1.95 bits per heavy atom. The van der Waals surface area contributed by atoms with E-state index in [9.17, 15) is 4.79 Å². The van der Waals surface area contributed by atoms with E-state index in [1.165, 1.54) is 12.8 Å². The Balaban J connectivity index is 1.78. The maximum atomic E-state index is 12.3. The van der Waals surface area contributed by atoms with Crippen LogP contribution in [0.4, 0.5) is 0 Å². The molecule has 0 aromatic carbocycles. The van der Waals surface area contributed by atoms with Crippen molar-refractivity contribution in [1.29, 1.82) is 0 Å². The molecule has 0 heterocycles. The fourth-order valence-corrected chi connectivity index (χ4v) is 5.62. The van der Waals surface area contributed by atoms with E-state index in [-0.39, 0.29) is 17.5 Å². The number of hydrogen-bond acceptors (Lipinski definition) is 2. The molecule has 3 rings (SSSR count). The first-order chi connectivity index (χ1) is 8.65. The molecule has 3 saturated carbocycles. The van der Waals surface area contributed by atoms with Crippen molar-refractivity contribution in [1.82, 2.24) is 0 Å². The zero-order valence-electron chi connectivity index (χ0n) is 13.3. The summed E-state index contributed by atoms with van der Waals surface area (Å²) in [6.45, 7) is 13.2. The average Bonchev–Trinajstić information content (AvgIpc) is 2.58. The molecule has 3 aliphatic rings. The monoisotopic (exact) mass is 264 g/mol. The van der Waals surface area contributed by atoms with Gasteiger partial charge in [-0.15, -0.1) is 0 Å². The Morgan fingerprint density at radius 3 is 2.42 bits per heavy atom. The van der Waals surface area contributed by atoms with Crippen LogP contribution in [0.25, 0.3) is 0 Å². The van der Waals surface area contributed by atoms with Crippen molar-refractivity contribution >= 4 is 5.97 Å². The number of rotatable bonds is 3. The van der Waals surface area contributed by atoms with Gasteiger partial charge in [-0.25, -0.2) is 0 Å². The minimum atomic E-state index is -0.338. The fourth-order valence-electron chi connectivity index (χ4n) is 5.62. The van der Waals surface area contributed by atoms with Crippen molar-refractivity contribution in [3.63, 3.8) is 0 Å². The summed E-state index contributed by atoms with van der Waals surface area (Å²) in [5, 5.41) is 0. The van der Waals surface area contributed by atoms with Gasteiger partial charge in [-0.3, -0.25) is 4.79 Å². The van der Waals surface area contributed by atoms with E-state index in [0.717, 1.165) is 18.8 Å². The van der Waals surface area contributed by atoms with Crippen LogP contribution in [-0.2, 0) is 9.53 Å². The van der Waals surface area contributed by atoms with Crippen molar-refractivity contribution in [3.05, 3.63) is 0 Å². The lowest BCUT2D eigenvalue weighted by Gasteiger charge is -2.47. The summed E-state index contributed by atoms with van der Waals surface area (Å²) in [5.74, 6) is 0.805. The van der Waals surface area contributed by atoms with E-state index in [0.29, 0.717) is 16.2 Å². The standard InChI is InChI=1S/C17H28O2/c1-7-14(2,3)13(18)19-12-10-11-8-9-16(6)15(4,5)17(11,12)16/h11-12H,7-10H2,1-6H3. The summed E-state index contributed by atoms with van der Waals surface area (Å²) in [7, 11) is 0. The minimum absolute atomic E-state index is 0.00442. The Labute approximate surface area is 117 Å². The highest BCUT2D eigenvalue weighted by Gasteiger charge is 2.91. The van der Waals surface area contributed by atoms with Gasteiger partial charge in [0.25, 0.3) is 0 Å². The highest BCUT2D eigenvalue weighted by Crippen LogP contribution is 2.93. The molecule has 0 amide bonds. The molecular weight excluding hydrogens is 236 g/mol. The molecule has 2 nitrogen and oxygen atoms in total. The molecule has 0 aromatic rings. The number of hydrogen-bond donors (Lipinski definition) is 0. The second-order valence-electron chi connectivity index (χ2n) is 8.43. The third-order valence-electron chi connectivity index (χ3n) is 7.59. The SMILES string of the molecule is CCC(C)(C)C(=O)OC1CC2CCC3(C)C(C)(C)C213. The van der Waals surface area contributed by atoms with E-state index < -0.39 is 0 Å². The molecule has 0 radical (unpaired) electrons. The summed E-state index contributed by atoms with van der Waals surface area (Å²) in [6.07, 6.45) is 4.78. The van der Waals surface area contributed by atoms with Crippen LogP contribution in [0.5, 0.6) is 0 Å². The Bertz CT molecular complexity index is 437. The van der Waals surface area contributed by atoms with Gasteiger partial charge in [0.15, 0.2) is 0 Å². The van der Waals surface area contributed by atoms with Crippen LogP contribution in [0.15, 0.2) is 0 Å². The summed E-state index contributed by atoms with van der Waals surface area (Å²) in [5.41, 5.74) is 0.724. The zero-order valence-corrected chi connectivity index (χ0v) is 13.3. The molecule has 4 unspecified atom stereocenters. The number of carbonyl (C=O) groups excluding carboxylic acids is 1. The highest BCUT2D eigenvalue weighted by molar-refractivity contribution is 5.76. The first kappa shape index (κ1) is 13.5. The third kappa shape index (κ3) is 1.18. The molecule has 0 aromatic heterocycles. The predicted molar refractivity (Wildman–Crippen MR) is 75.6 cm³/mol. The van der Waals surface area contributed by atoms with Gasteiger partial charge >= 0.3 is 5.97 Å². The molecule has 3 fully saturated rings. The molecular formula is C17H28O2. The van der Waals surface area contributed by atoms with Gasteiger partial charge in [0.1, 0.15) is 6.10 Å². The molecule has 3 aliphatic carbocycles. The minimum Gasteiger partial charge on any atom is -0.461 e. The van der Waals surface area contributed by atoms with Crippen LogP contribution in [0.2, 0.25) is 0 Å². The van der Waals surface area contributed by atoms with E-state index in [4.69, 9.17) is 4.74 Å². The number of carbonyl (C=O) groups is 1. The second-order valence-corrected chi connectivity index (χ2v) is 8.43. The van der Waals surface area contributed by atoms with Gasteiger partial charge in [-0.05, 0) is 56.3 Å². The average molecular weight is 264 g/mol. The fraction of sp³-hybridized carbons (Fsp3) is 0.941. The number of ether oxygens (including phenoxy) is 1. The van der Waals surface area contributed by atoms with Crippen molar-refractivity contribution in [2.75, 3.05) is 0 Å². The summed E-state index contributed by atoms with van der Waals surface area (Å²) in [4.78, 5) is 12.3. The molecule has 0 saturated heterocycles. The molecule has 0 N–H and O–H groups in total. The van der Waals surface area contributed by atoms with Crippen molar-refractivity contribution in [3.8, 4) is 0 Å². The molecule has 1 spiro atoms. The topological polar surface area (TPSA) is 26.3 Å². The van der Waals surface area contributed by atoms with E-state index in [1.54, 1.807) is 0 Å². The van der Waals surface area contributed by atoms with Crippen LogP contribution < -0.4 is 0 Å². The van der Waals surface area contributed by atoms with Crippen molar-refractivity contribution < 1.29 is 9.53 Å². The van der Waals surface area contributed by atoms with Crippen LogP contribution in [0.1, 0.15) is 67.2 Å². The molecule has 108 valence electrons. The normalized spacial score (nSPS) is 46.0. The lowest BCUT2D eigenvalue weighted by atomic mass is 9.63. The van der Waals surface area contributed by atoms with Crippen molar-refractivity contribution in [2.24, 2.45) is 27.6 Å². The Kier molecular flexibility index (Phi) is 2.39. The highest BCUT2D eigenvalue weighted by atomic mass is 16.5. The lowest BCUT2D eigenvalue weighted by Crippen LogP contribution is -2.49.